The Bertz CT molecular complexity index is 660. The van der Waals surface area contributed by atoms with Gasteiger partial charge in [0.05, 0.1) is 12.2 Å². The minimum absolute atomic E-state index is 0.404. The number of hydrogen-bond donors (Lipinski definition) is 1. The van der Waals surface area contributed by atoms with E-state index < -0.39 is 11.9 Å². The van der Waals surface area contributed by atoms with Gasteiger partial charge in [0.25, 0.3) is 0 Å². The third-order valence-corrected chi connectivity index (χ3v) is 2.84. The van der Waals surface area contributed by atoms with Crippen LogP contribution in [0.5, 0.6) is 0 Å². The van der Waals surface area contributed by atoms with Gasteiger partial charge in [-0.1, -0.05) is 18.2 Å². The molecule has 1 unspecified atom stereocenters. The average Bonchev–Trinajstić information content (AvgIpc) is 2.81. The van der Waals surface area contributed by atoms with E-state index in [0.29, 0.717) is 11.3 Å². The molecule has 0 saturated carbocycles. The highest BCUT2D eigenvalue weighted by Gasteiger charge is 2.14. The first-order valence-electron chi connectivity index (χ1n) is 5.58. The van der Waals surface area contributed by atoms with E-state index in [9.17, 15) is 4.39 Å². The van der Waals surface area contributed by atoms with Crippen molar-refractivity contribution in [3.63, 3.8) is 0 Å². The zero-order chi connectivity index (χ0) is 12.5. The highest BCUT2D eigenvalue weighted by atomic mass is 19.1. The summed E-state index contributed by atoms with van der Waals surface area (Å²) in [7, 11) is 0. The number of halogens is 1. The second-order valence-electron chi connectivity index (χ2n) is 4.10. The number of pyridine rings is 1. The van der Waals surface area contributed by atoms with Crippen molar-refractivity contribution in [3.8, 4) is 0 Å². The summed E-state index contributed by atoms with van der Waals surface area (Å²) < 4.78 is 18.7. The van der Waals surface area contributed by atoms with E-state index in [2.05, 4.69) is 4.98 Å². The summed E-state index contributed by atoms with van der Waals surface area (Å²) in [5, 5.41) is 0.979. The summed E-state index contributed by atoms with van der Waals surface area (Å²) in [6, 6.07) is 10.4. The Morgan fingerprint density at radius 2 is 2.00 bits per heavy atom. The van der Waals surface area contributed by atoms with Gasteiger partial charge in [-0.2, -0.15) is 0 Å². The van der Waals surface area contributed by atoms with Crippen LogP contribution in [0.2, 0.25) is 0 Å². The van der Waals surface area contributed by atoms with E-state index in [0.717, 1.165) is 17.2 Å². The number of rotatable bonds is 2. The Morgan fingerprint density at radius 1 is 1.17 bits per heavy atom. The molecule has 2 N–H and O–H groups in total. The van der Waals surface area contributed by atoms with Crippen LogP contribution in [0.25, 0.3) is 11.0 Å². The largest absolute Gasteiger partial charge is 0.459 e. The molecule has 0 fully saturated rings. The molecule has 2 heterocycles. The molecule has 0 aliphatic heterocycles. The molecular weight excluding hydrogens is 231 g/mol. The van der Waals surface area contributed by atoms with Gasteiger partial charge in [0, 0.05) is 11.6 Å². The summed E-state index contributed by atoms with van der Waals surface area (Å²) in [6.45, 7) is 0. The van der Waals surface area contributed by atoms with Crippen LogP contribution in [-0.4, -0.2) is 4.98 Å². The van der Waals surface area contributed by atoms with Crippen molar-refractivity contribution in [1.82, 2.24) is 4.98 Å². The fourth-order valence-corrected chi connectivity index (χ4v) is 1.92. The molecule has 0 saturated heterocycles. The standard InChI is InChI=1S/C14H11FN2O/c15-11-5-10(7-17-8-11)14(16)13-6-9-3-1-2-4-12(9)18-13/h1-8,14H,16H2. The van der Waals surface area contributed by atoms with Gasteiger partial charge >= 0.3 is 0 Å². The van der Waals surface area contributed by atoms with E-state index in [1.807, 2.05) is 30.3 Å². The fraction of sp³-hybridized carbons (Fsp3) is 0.0714. The summed E-state index contributed by atoms with van der Waals surface area (Å²) in [6.07, 6.45) is 2.69. The van der Waals surface area contributed by atoms with Gasteiger partial charge in [0.1, 0.15) is 17.2 Å². The Labute approximate surface area is 103 Å². The molecule has 3 nitrogen and oxygen atoms in total. The first-order valence-corrected chi connectivity index (χ1v) is 5.58. The molecule has 18 heavy (non-hydrogen) atoms. The van der Waals surface area contributed by atoms with Crippen LogP contribution in [-0.2, 0) is 0 Å². The molecule has 4 heteroatoms. The molecule has 0 bridgehead atoms. The Hall–Kier alpha value is -2.20. The van der Waals surface area contributed by atoms with Crippen molar-refractivity contribution in [2.45, 2.75) is 6.04 Å². The number of nitrogens with zero attached hydrogens (tertiary/aromatic N) is 1. The third kappa shape index (κ3) is 1.87. The minimum atomic E-state index is -0.513. The Balaban J connectivity index is 2.03. The molecule has 0 radical (unpaired) electrons. The average molecular weight is 242 g/mol. The highest BCUT2D eigenvalue weighted by Crippen LogP contribution is 2.26. The number of fused-ring (bicyclic) bond motifs is 1. The lowest BCUT2D eigenvalue weighted by Gasteiger charge is -2.07. The van der Waals surface area contributed by atoms with Crippen LogP contribution in [0.4, 0.5) is 4.39 Å². The van der Waals surface area contributed by atoms with Crippen LogP contribution in [0, 0.1) is 5.82 Å². The van der Waals surface area contributed by atoms with Crippen molar-refractivity contribution in [3.05, 3.63) is 65.9 Å². The maximum Gasteiger partial charge on any atom is 0.141 e. The number of hydrogen-bond acceptors (Lipinski definition) is 3. The molecule has 90 valence electrons. The molecule has 3 aromatic rings. The first kappa shape index (κ1) is 10.9. The van der Waals surface area contributed by atoms with Crippen molar-refractivity contribution in [2.24, 2.45) is 5.73 Å². The van der Waals surface area contributed by atoms with Gasteiger partial charge in [-0.3, -0.25) is 4.98 Å². The zero-order valence-electron chi connectivity index (χ0n) is 9.51. The smallest absolute Gasteiger partial charge is 0.141 e. The predicted octanol–water partition coefficient (Wildman–Crippen LogP) is 3.02. The monoisotopic (exact) mass is 242 g/mol. The Morgan fingerprint density at radius 3 is 2.78 bits per heavy atom. The number of nitrogens with two attached hydrogens (primary N) is 1. The van der Waals surface area contributed by atoms with Crippen LogP contribution in [0.3, 0.4) is 0 Å². The number of aromatic nitrogens is 1. The maximum atomic E-state index is 13.1. The summed E-state index contributed by atoms with van der Waals surface area (Å²) >= 11 is 0. The van der Waals surface area contributed by atoms with E-state index in [1.165, 1.54) is 6.07 Å². The normalized spacial score (nSPS) is 12.8. The lowest BCUT2D eigenvalue weighted by Crippen LogP contribution is -2.11. The van der Waals surface area contributed by atoms with E-state index >= 15 is 0 Å². The first-order chi connectivity index (χ1) is 8.74. The van der Waals surface area contributed by atoms with Gasteiger partial charge in [-0.25, -0.2) is 4.39 Å². The van der Waals surface area contributed by atoms with E-state index in [1.54, 1.807) is 6.20 Å². The van der Waals surface area contributed by atoms with E-state index in [4.69, 9.17) is 10.2 Å². The second-order valence-corrected chi connectivity index (χ2v) is 4.10. The number of benzene rings is 1. The zero-order valence-corrected chi connectivity index (χ0v) is 9.51. The predicted molar refractivity (Wildman–Crippen MR) is 66.4 cm³/mol. The molecule has 0 aliphatic carbocycles. The molecule has 1 atom stereocenters. The van der Waals surface area contributed by atoms with Crippen molar-refractivity contribution in [1.29, 1.82) is 0 Å². The van der Waals surface area contributed by atoms with Crippen LogP contribution in [0.1, 0.15) is 17.4 Å². The summed E-state index contributed by atoms with van der Waals surface area (Å²) in [4.78, 5) is 3.79. The number of para-hydroxylation sites is 1. The SMILES string of the molecule is NC(c1cncc(F)c1)c1cc2ccccc2o1. The van der Waals surface area contributed by atoms with Crippen molar-refractivity contribution in [2.75, 3.05) is 0 Å². The van der Waals surface area contributed by atoms with Crippen molar-refractivity contribution < 1.29 is 8.81 Å². The van der Waals surface area contributed by atoms with Gasteiger partial charge < -0.3 is 10.2 Å². The molecular formula is C14H11FN2O. The van der Waals surface area contributed by atoms with Crippen LogP contribution in [0.15, 0.2) is 53.2 Å². The third-order valence-electron chi connectivity index (χ3n) is 2.84. The van der Waals surface area contributed by atoms with Crippen molar-refractivity contribution >= 4 is 11.0 Å². The minimum Gasteiger partial charge on any atom is -0.459 e. The lowest BCUT2D eigenvalue weighted by atomic mass is 10.1. The maximum absolute atomic E-state index is 13.1. The quantitative estimate of drug-likeness (QED) is 0.751. The van der Waals surface area contributed by atoms with E-state index in [-0.39, 0.29) is 0 Å². The van der Waals surface area contributed by atoms with Gasteiger partial charge in [0.2, 0.25) is 0 Å². The van der Waals surface area contributed by atoms with Gasteiger partial charge in [-0.15, -0.1) is 0 Å². The summed E-state index contributed by atoms with van der Waals surface area (Å²) in [5.74, 6) is 0.197. The van der Waals surface area contributed by atoms with Gasteiger partial charge in [-0.05, 0) is 23.8 Å². The molecule has 0 aliphatic rings. The van der Waals surface area contributed by atoms with Gasteiger partial charge in [0.15, 0.2) is 0 Å². The fourth-order valence-electron chi connectivity index (χ4n) is 1.92. The molecule has 1 aromatic carbocycles. The lowest BCUT2D eigenvalue weighted by molar-refractivity contribution is 0.522. The molecule has 3 rings (SSSR count). The Kier molecular flexibility index (Phi) is 2.57. The topological polar surface area (TPSA) is 52.0 Å². The molecule has 0 spiro atoms. The van der Waals surface area contributed by atoms with Crippen LogP contribution >= 0.6 is 0 Å². The number of furan rings is 1. The molecule has 2 aromatic heterocycles. The summed E-state index contributed by atoms with van der Waals surface area (Å²) in [5.41, 5.74) is 7.41. The highest BCUT2D eigenvalue weighted by molar-refractivity contribution is 5.77. The second kappa shape index (κ2) is 4.23. The molecule has 0 amide bonds. The van der Waals surface area contributed by atoms with Crippen LogP contribution < -0.4 is 5.73 Å².